The van der Waals surface area contributed by atoms with Crippen molar-refractivity contribution in [1.82, 2.24) is 4.57 Å². The van der Waals surface area contributed by atoms with E-state index in [1.54, 1.807) is 0 Å². The van der Waals surface area contributed by atoms with Crippen molar-refractivity contribution in [1.29, 1.82) is 5.26 Å². The van der Waals surface area contributed by atoms with Crippen molar-refractivity contribution in [2.45, 2.75) is 12.8 Å². The Morgan fingerprint density at radius 1 is 1.44 bits per heavy atom. The molecule has 0 aliphatic rings. The van der Waals surface area contributed by atoms with Crippen LogP contribution >= 0.6 is 0 Å². The van der Waals surface area contributed by atoms with Crippen LogP contribution in [-0.4, -0.2) is 30.2 Å². The quantitative estimate of drug-likeness (QED) is 0.743. The lowest BCUT2D eigenvalue weighted by molar-refractivity contribution is -0.141. The molecule has 0 spiro atoms. The number of benzene rings is 1. The average Bonchev–Trinajstić information content (AvgIpc) is 2.65. The maximum absolute atomic E-state index is 15.0. The van der Waals surface area contributed by atoms with Crippen molar-refractivity contribution in [2.24, 2.45) is 0 Å². The minimum atomic E-state index is -1.88. The minimum absolute atomic E-state index is 0.00492. The van der Waals surface area contributed by atoms with Crippen molar-refractivity contribution in [3.8, 4) is 6.07 Å². The largest absolute Gasteiger partial charge is 0.468 e. The van der Waals surface area contributed by atoms with Crippen LogP contribution in [0.1, 0.15) is 28.8 Å². The second kappa shape index (κ2) is 7.78. The summed E-state index contributed by atoms with van der Waals surface area (Å²) in [6.07, 6.45) is 2.06. The van der Waals surface area contributed by atoms with Gasteiger partial charge in [0.1, 0.15) is 11.4 Å². The molecule has 1 atom stereocenters. The highest BCUT2D eigenvalue weighted by atomic mass is 19.1. The number of aromatic nitrogens is 1. The van der Waals surface area contributed by atoms with Gasteiger partial charge in [-0.1, -0.05) is 6.58 Å². The molecule has 0 radical (unpaired) electrons. The molecule has 140 valence electrons. The summed E-state index contributed by atoms with van der Waals surface area (Å²) < 4.78 is 39.7. The Bertz CT molecular complexity index is 1050. The molecule has 0 amide bonds. The van der Waals surface area contributed by atoms with Gasteiger partial charge in [-0.25, -0.2) is 13.6 Å². The van der Waals surface area contributed by atoms with Crippen LogP contribution in [0.5, 0.6) is 0 Å². The first-order valence-corrected chi connectivity index (χ1v) is 7.66. The predicted molar refractivity (Wildman–Crippen MR) is 90.8 cm³/mol. The Hall–Kier alpha value is -3.54. The normalized spacial score (nSPS) is 11.5. The van der Waals surface area contributed by atoms with E-state index in [4.69, 9.17) is 10.00 Å². The van der Waals surface area contributed by atoms with Gasteiger partial charge < -0.3 is 14.0 Å². The zero-order valence-corrected chi connectivity index (χ0v) is 14.4. The molecule has 1 unspecified atom stereocenters. The third-order valence-corrected chi connectivity index (χ3v) is 3.79. The summed E-state index contributed by atoms with van der Waals surface area (Å²) in [6.45, 7) is 4.99. The fraction of sp³-hybridized carbons (Fsp3) is 0.222. The lowest BCUT2D eigenvalue weighted by Gasteiger charge is -2.15. The van der Waals surface area contributed by atoms with Crippen molar-refractivity contribution in [3.63, 3.8) is 0 Å². The van der Waals surface area contributed by atoms with Gasteiger partial charge in [0, 0.05) is 12.4 Å². The van der Waals surface area contributed by atoms with Crippen LogP contribution in [0.2, 0.25) is 0 Å². The van der Waals surface area contributed by atoms with Gasteiger partial charge in [-0.3, -0.25) is 9.59 Å². The molecule has 1 aromatic carbocycles. The number of nitrogens with zero attached hydrogens (tertiary/aromatic N) is 2. The first-order valence-electron chi connectivity index (χ1n) is 7.66. The van der Waals surface area contributed by atoms with Crippen LogP contribution in [0.25, 0.3) is 17.1 Å². The number of esters is 2. The molecule has 0 saturated heterocycles. The summed E-state index contributed by atoms with van der Waals surface area (Å²) in [7, 11) is 0.967. The number of hydrogen-bond donors (Lipinski definition) is 0. The number of halogens is 2. The van der Waals surface area contributed by atoms with Crippen molar-refractivity contribution < 1.29 is 27.8 Å². The van der Waals surface area contributed by atoms with Gasteiger partial charge in [-0.2, -0.15) is 5.26 Å². The summed E-state index contributed by atoms with van der Waals surface area (Å²) in [5.74, 6) is -6.61. The van der Waals surface area contributed by atoms with Crippen LogP contribution in [0.4, 0.5) is 8.78 Å². The highest BCUT2D eigenvalue weighted by molar-refractivity contribution is 5.95. The van der Waals surface area contributed by atoms with E-state index in [0.29, 0.717) is 6.07 Å². The van der Waals surface area contributed by atoms with Crippen LogP contribution < -0.4 is 5.43 Å². The minimum Gasteiger partial charge on any atom is -0.468 e. The number of carbonyl (C=O) groups excluding carboxylic acids is 2. The fourth-order valence-corrected chi connectivity index (χ4v) is 2.57. The maximum Gasteiger partial charge on any atom is 0.343 e. The average molecular weight is 376 g/mol. The fourth-order valence-electron chi connectivity index (χ4n) is 2.57. The SMILES string of the molecule is C=Cn1cc(C(=O)OCC)c(=O)c2cc(F)c(C(C#N)C(=O)OC)c(F)c21. The smallest absolute Gasteiger partial charge is 0.343 e. The number of methoxy groups -OCH3 is 1. The molecule has 0 saturated carbocycles. The number of nitriles is 1. The second-order valence-corrected chi connectivity index (χ2v) is 5.25. The number of carbonyl (C=O) groups is 2. The third-order valence-electron chi connectivity index (χ3n) is 3.79. The Morgan fingerprint density at radius 2 is 2.11 bits per heavy atom. The monoisotopic (exact) mass is 376 g/mol. The van der Waals surface area contributed by atoms with Gasteiger partial charge >= 0.3 is 11.9 Å². The van der Waals surface area contributed by atoms with Crippen LogP contribution in [0.3, 0.4) is 0 Å². The van der Waals surface area contributed by atoms with E-state index in [0.717, 1.165) is 24.1 Å². The molecule has 0 bridgehead atoms. The van der Waals surface area contributed by atoms with E-state index in [1.165, 1.54) is 13.0 Å². The van der Waals surface area contributed by atoms with Gasteiger partial charge in [0.05, 0.1) is 36.3 Å². The van der Waals surface area contributed by atoms with Crippen LogP contribution in [0.15, 0.2) is 23.6 Å². The van der Waals surface area contributed by atoms with Crippen molar-refractivity contribution >= 4 is 29.0 Å². The first-order chi connectivity index (χ1) is 12.8. The highest BCUT2D eigenvalue weighted by Gasteiger charge is 2.31. The van der Waals surface area contributed by atoms with Crippen molar-refractivity contribution in [3.05, 3.63) is 51.8 Å². The number of pyridine rings is 1. The number of fused-ring (bicyclic) bond motifs is 1. The molecule has 1 aromatic heterocycles. The van der Waals surface area contributed by atoms with Gasteiger partial charge in [0.25, 0.3) is 0 Å². The summed E-state index contributed by atoms with van der Waals surface area (Å²) >= 11 is 0. The molecule has 7 nitrogen and oxygen atoms in total. The summed E-state index contributed by atoms with van der Waals surface area (Å²) in [4.78, 5) is 36.1. The van der Waals surface area contributed by atoms with E-state index in [1.807, 2.05) is 0 Å². The molecule has 27 heavy (non-hydrogen) atoms. The molecule has 1 heterocycles. The Balaban J connectivity index is 2.93. The Labute approximate surface area is 152 Å². The molecular weight excluding hydrogens is 362 g/mol. The van der Waals surface area contributed by atoms with Gasteiger partial charge in [-0.15, -0.1) is 0 Å². The molecule has 0 aliphatic carbocycles. The van der Waals surface area contributed by atoms with Gasteiger partial charge in [-0.05, 0) is 13.0 Å². The van der Waals surface area contributed by atoms with Crippen LogP contribution in [-0.2, 0) is 14.3 Å². The Kier molecular flexibility index (Phi) is 5.70. The zero-order chi connectivity index (χ0) is 20.3. The first kappa shape index (κ1) is 19.8. The standard InChI is InChI=1S/C18H14F2N2O5/c1-4-22-8-11(18(25)27-5-2)16(23)9-6-12(19)13(14(20)15(9)22)10(7-21)17(24)26-3/h4,6,8,10H,1,5H2,2-3H3. The second-order valence-electron chi connectivity index (χ2n) is 5.25. The summed E-state index contributed by atoms with van der Waals surface area (Å²) in [5, 5.41) is 8.65. The lowest BCUT2D eigenvalue weighted by atomic mass is 9.96. The zero-order valence-electron chi connectivity index (χ0n) is 14.4. The molecule has 0 aliphatic heterocycles. The topological polar surface area (TPSA) is 98.4 Å². The van der Waals surface area contributed by atoms with Gasteiger partial charge in [0.15, 0.2) is 11.7 Å². The predicted octanol–water partition coefficient (Wildman–Crippen LogP) is 2.34. The van der Waals surface area contributed by atoms with E-state index in [2.05, 4.69) is 11.3 Å². The third kappa shape index (κ3) is 3.29. The van der Waals surface area contributed by atoms with E-state index in [9.17, 15) is 18.8 Å². The van der Waals surface area contributed by atoms with E-state index in [-0.39, 0.29) is 6.61 Å². The van der Waals surface area contributed by atoms with E-state index >= 15 is 4.39 Å². The van der Waals surface area contributed by atoms with E-state index < -0.39 is 56.9 Å². The molecule has 2 rings (SSSR count). The van der Waals surface area contributed by atoms with Crippen LogP contribution in [0, 0.1) is 23.0 Å². The number of ether oxygens (including phenoxy) is 2. The maximum atomic E-state index is 15.0. The number of rotatable bonds is 5. The molecule has 9 heteroatoms. The summed E-state index contributed by atoms with van der Waals surface area (Å²) in [5.41, 5.74) is -2.71. The lowest BCUT2D eigenvalue weighted by Crippen LogP contribution is -2.22. The molecule has 0 N–H and O–H groups in total. The Morgan fingerprint density at radius 3 is 2.63 bits per heavy atom. The molecule has 2 aromatic rings. The van der Waals surface area contributed by atoms with Crippen molar-refractivity contribution in [2.75, 3.05) is 13.7 Å². The van der Waals surface area contributed by atoms with Gasteiger partial charge in [0.2, 0.25) is 5.43 Å². The molecular formula is C18H14F2N2O5. The summed E-state index contributed by atoms with van der Waals surface area (Å²) in [6, 6.07) is 2.13. The highest BCUT2D eigenvalue weighted by Crippen LogP contribution is 2.29. The number of hydrogen-bond acceptors (Lipinski definition) is 6. The molecule has 0 fully saturated rings.